The molecule has 2 rings (SSSR count). The fourth-order valence-corrected chi connectivity index (χ4v) is 2.21. The first kappa shape index (κ1) is 15.7. The number of amides is 1. The molecule has 0 saturated carbocycles. The summed E-state index contributed by atoms with van der Waals surface area (Å²) in [5, 5.41) is 5.89. The van der Waals surface area contributed by atoms with Crippen molar-refractivity contribution in [3.63, 3.8) is 0 Å². The Balaban J connectivity index is 1.81. The lowest BCUT2D eigenvalue weighted by Crippen LogP contribution is -2.47. The van der Waals surface area contributed by atoms with E-state index in [1.54, 1.807) is 6.20 Å². The van der Waals surface area contributed by atoms with Gasteiger partial charge in [0.15, 0.2) is 0 Å². The molecule has 1 unspecified atom stereocenters. The minimum absolute atomic E-state index is 0.0386. The van der Waals surface area contributed by atoms with Crippen molar-refractivity contribution < 1.29 is 9.53 Å². The Morgan fingerprint density at radius 3 is 2.95 bits per heavy atom. The van der Waals surface area contributed by atoms with Crippen LogP contribution in [0.4, 0.5) is 5.82 Å². The van der Waals surface area contributed by atoms with Crippen molar-refractivity contribution in [2.24, 2.45) is 0 Å². The molecule has 7 heteroatoms. The van der Waals surface area contributed by atoms with Crippen LogP contribution in [0, 0.1) is 0 Å². The summed E-state index contributed by atoms with van der Waals surface area (Å²) in [5.41, 5.74) is 0.319. The lowest BCUT2D eigenvalue weighted by atomic mass is 10.2. The van der Waals surface area contributed by atoms with Gasteiger partial charge < -0.3 is 15.4 Å². The van der Waals surface area contributed by atoms with Gasteiger partial charge in [0.05, 0.1) is 25.1 Å². The van der Waals surface area contributed by atoms with Crippen molar-refractivity contribution in [3.8, 4) is 0 Å². The highest BCUT2D eigenvalue weighted by molar-refractivity contribution is 5.92. The molecule has 116 valence electrons. The number of nitrogens with one attached hydrogen (secondary N) is 2. The van der Waals surface area contributed by atoms with Gasteiger partial charge in [-0.2, -0.15) is 0 Å². The Morgan fingerprint density at radius 2 is 2.29 bits per heavy atom. The van der Waals surface area contributed by atoms with Crippen molar-refractivity contribution in [1.82, 2.24) is 20.2 Å². The van der Waals surface area contributed by atoms with Crippen LogP contribution in [-0.2, 0) is 4.74 Å². The summed E-state index contributed by atoms with van der Waals surface area (Å²) in [4.78, 5) is 22.6. The number of anilines is 1. The topological polar surface area (TPSA) is 79.4 Å². The van der Waals surface area contributed by atoms with Gasteiger partial charge in [0.25, 0.3) is 5.91 Å². The maximum absolute atomic E-state index is 12.0. The highest BCUT2D eigenvalue weighted by Gasteiger charge is 2.20. The molecule has 1 atom stereocenters. The Kier molecular flexibility index (Phi) is 5.89. The number of nitrogens with zero attached hydrogens (tertiary/aromatic N) is 3. The van der Waals surface area contributed by atoms with E-state index in [2.05, 4.69) is 32.4 Å². The molecular weight excluding hydrogens is 270 g/mol. The summed E-state index contributed by atoms with van der Waals surface area (Å²) in [7, 11) is 0. The third kappa shape index (κ3) is 4.64. The van der Waals surface area contributed by atoms with Gasteiger partial charge in [-0.25, -0.2) is 9.97 Å². The molecule has 0 aliphatic carbocycles. The maximum atomic E-state index is 12.0. The Labute approximate surface area is 125 Å². The second-order valence-electron chi connectivity index (χ2n) is 4.91. The summed E-state index contributed by atoms with van der Waals surface area (Å²) in [6, 6.07) is 0. The van der Waals surface area contributed by atoms with E-state index in [-0.39, 0.29) is 12.0 Å². The van der Waals surface area contributed by atoms with Crippen molar-refractivity contribution in [1.29, 1.82) is 0 Å². The van der Waals surface area contributed by atoms with Crippen LogP contribution in [0.25, 0.3) is 0 Å². The summed E-state index contributed by atoms with van der Waals surface area (Å²) in [5.74, 6) is 0.450. The van der Waals surface area contributed by atoms with E-state index >= 15 is 0 Å². The first-order chi connectivity index (χ1) is 10.2. The number of likely N-dealkylation sites (N-methyl/N-ethyl adjacent to an activating group) is 1. The van der Waals surface area contributed by atoms with Gasteiger partial charge in [-0.1, -0.05) is 6.92 Å². The van der Waals surface area contributed by atoms with E-state index in [4.69, 9.17) is 4.74 Å². The molecule has 21 heavy (non-hydrogen) atoms. The van der Waals surface area contributed by atoms with Crippen LogP contribution >= 0.6 is 0 Å². The third-order valence-corrected chi connectivity index (χ3v) is 3.40. The Hall–Kier alpha value is -1.73. The minimum atomic E-state index is -0.220. The highest BCUT2D eigenvalue weighted by Crippen LogP contribution is 2.04. The molecule has 2 heterocycles. The number of rotatable bonds is 6. The van der Waals surface area contributed by atoms with Crippen LogP contribution in [0.1, 0.15) is 24.3 Å². The van der Waals surface area contributed by atoms with E-state index in [9.17, 15) is 4.79 Å². The maximum Gasteiger partial charge on any atom is 0.271 e. The van der Waals surface area contributed by atoms with Crippen LogP contribution in [0.15, 0.2) is 12.4 Å². The van der Waals surface area contributed by atoms with Crippen molar-refractivity contribution in [3.05, 3.63) is 18.1 Å². The van der Waals surface area contributed by atoms with Crippen LogP contribution in [0.5, 0.6) is 0 Å². The van der Waals surface area contributed by atoms with Gasteiger partial charge in [0, 0.05) is 26.2 Å². The first-order valence-electron chi connectivity index (χ1n) is 7.41. The molecule has 0 spiro atoms. The first-order valence-corrected chi connectivity index (χ1v) is 7.41. The molecular formula is C14H23N5O2. The molecule has 7 nitrogen and oxygen atoms in total. The summed E-state index contributed by atoms with van der Waals surface area (Å²) in [6.07, 6.45) is 3.08. The van der Waals surface area contributed by atoms with E-state index in [1.165, 1.54) is 6.20 Å². The quantitative estimate of drug-likeness (QED) is 0.788. The molecule has 1 saturated heterocycles. The zero-order valence-electron chi connectivity index (χ0n) is 12.6. The van der Waals surface area contributed by atoms with Gasteiger partial charge in [-0.15, -0.1) is 0 Å². The second kappa shape index (κ2) is 7.90. The van der Waals surface area contributed by atoms with Crippen LogP contribution in [0.2, 0.25) is 0 Å². The van der Waals surface area contributed by atoms with Crippen molar-refractivity contribution >= 4 is 11.7 Å². The van der Waals surface area contributed by atoms with Gasteiger partial charge in [-0.05, 0) is 13.5 Å². The molecule has 1 aliphatic rings. The van der Waals surface area contributed by atoms with Crippen molar-refractivity contribution in [2.45, 2.75) is 20.0 Å². The van der Waals surface area contributed by atoms with Crippen LogP contribution in [0.3, 0.4) is 0 Å². The van der Waals surface area contributed by atoms with E-state index in [0.717, 1.165) is 26.2 Å². The summed E-state index contributed by atoms with van der Waals surface area (Å²) >= 11 is 0. The van der Waals surface area contributed by atoms with Crippen LogP contribution < -0.4 is 10.6 Å². The number of hydrogen-bond donors (Lipinski definition) is 2. The van der Waals surface area contributed by atoms with Gasteiger partial charge >= 0.3 is 0 Å². The molecule has 2 N–H and O–H groups in total. The number of carbonyl (C=O) groups is 1. The van der Waals surface area contributed by atoms with E-state index in [0.29, 0.717) is 24.7 Å². The molecule has 0 aromatic carbocycles. The predicted octanol–water partition coefficient (Wildman–Crippen LogP) is 0.359. The zero-order valence-corrected chi connectivity index (χ0v) is 12.6. The number of morpholine rings is 1. The summed E-state index contributed by atoms with van der Waals surface area (Å²) < 4.78 is 5.64. The molecule has 0 bridgehead atoms. The average Bonchev–Trinajstić information content (AvgIpc) is 2.54. The molecule has 1 aromatic heterocycles. The van der Waals surface area contributed by atoms with Gasteiger partial charge in [0.2, 0.25) is 0 Å². The Bertz CT molecular complexity index is 451. The summed E-state index contributed by atoms with van der Waals surface area (Å²) in [6.45, 7) is 8.89. The monoisotopic (exact) mass is 293 g/mol. The van der Waals surface area contributed by atoms with E-state index < -0.39 is 0 Å². The average molecular weight is 293 g/mol. The number of ether oxygens (including phenoxy) is 1. The molecule has 1 amide bonds. The van der Waals surface area contributed by atoms with E-state index in [1.807, 2.05) is 6.92 Å². The lowest BCUT2D eigenvalue weighted by molar-refractivity contribution is -0.0246. The largest absolute Gasteiger partial charge is 0.374 e. The standard InChI is InChI=1S/C14H23N5O2/c1-3-15-13-9-16-12(8-17-13)14(20)18-7-11-10-19(4-2)5-6-21-11/h8-9,11H,3-7,10H2,1-2H3,(H,15,17)(H,18,20). The second-order valence-corrected chi connectivity index (χ2v) is 4.91. The highest BCUT2D eigenvalue weighted by atomic mass is 16.5. The fourth-order valence-electron chi connectivity index (χ4n) is 2.21. The normalized spacial score (nSPS) is 19.2. The third-order valence-electron chi connectivity index (χ3n) is 3.40. The van der Waals surface area contributed by atoms with Gasteiger partial charge in [0.1, 0.15) is 11.5 Å². The van der Waals surface area contributed by atoms with Gasteiger partial charge in [-0.3, -0.25) is 9.69 Å². The van der Waals surface area contributed by atoms with Crippen molar-refractivity contribution in [2.75, 3.05) is 44.6 Å². The lowest BCUT2D eigenvalue weighted by Gasteiger charge is -2.32. The minimum Gasteiger partial charge on any atom is -0.374 e. The molecule has 1 aliphatic heterocycles. The predicted molar refractivity (Wildman–Crippen MR) is 80.4 cm³/mol. The number of carbonyl (C=O) groups excluding carboxylic acids is 1. The molecule has 1 fully saturated rings. The fraction of sp³-hybridized carbons (Fsp3) is 0.643. The van der Waals surface area contributed by atoms with Crippen LogP contribution in [-0.4, -0.2) is 66.2 Å². The molecule has 1 aromatic rings. The SMILES string of the molecule is CCNc1cnc(C(=O)NCC2CN(CC)CCO2)cn1. The molecule has 0 radical (unpaired) electrons. The number of aromatic nitrogens is 2. The Morgan fingerprint density at radius 1 is 1.43 bits per heavy atom. The smallest absolute Gasteiger partial charge is 0.271 e. The zero-order chi connectivity index (χ0) is 15.1. The number of hydrogen-bond acceptors (Lipinski definition) is 6.